The van der Waals surface area contributed by atoms with Gasteiger partial charge >= 0.3 is 0 Å². The van der Waals surface area contributed by atoms with E-state index in [2.05, 4.69) is 17.3 Å². The van der Waals surface area contributed by atoms with Crippen LogP contribution in [-0.4, -0.2) is 36.2 Å². The van der Waals surface area contributed by atoms with Crippen molar-refractivity contribution < 1.29 is 9.63 Å². The lowest BCUT2D eigenvalue weighted by Crippen LogP contribution is -2.33. The van der Waals surface area contributed by atoms with Crippen molar-refractivity contribution >= 4 is 11.6 Å². The van der Waals surface area contributed by atoms with Crippen molar-refractivity contribution in [2.45, 2.75) is 13.8 Å². The highest BCUT2D eigenvalue weighted by Crippen LogP contribution is 2.36. The number of carbonyl (C=O) groups is 1. The van der Waals surface area contributed by atoms with E-state index in [9.17, 15) is 4.79 Å². The van der Waals surface area contributed by atoms with E-state index in [0.29, 0.717) is 13.1 Å². The molecule has 0 bridgehead atoms. The van der Waals surface area contributed by atoms with E-state index in [1.54, 1.807) is 4.90 Å². The van der Waals surface area contributed by atoms with Crippen molar-refractivity contribution in [2.75, 3.05) is 19.7 Å². The number of benzene rings is 2. The number of amides is 1. The number of hydrogen-bond acceptors (Lipinski definition) is 3. The fourth-order valence-corrected chi connectivity index (χ4v) is 2.91. The average molecular weight is 308 g/mol. The summed E-state index contributed by atoms with van der Waals surface area (Å²) >= 11 is 0. The van der Waals surface area contributed by atoms with Crippen molar-refractivity contribution in [1.29, 1.82) is 0 Å². The summed E-state index contributed by atoms with van der Waals surface area (Å²) in [4.78, 5) is 19.1. The summed E-state index contributed by atoms with van der Waals surface area (Å²) in [6.07, 6.45) is 0. The standard InChI is InChI=1S/C19H20N2O2/c1-3-21(4-2)18(22)13-23-20-19-16-11-7-5-9-14(16)15-10-6-8-12-17(15)19/h5-12H,3-4,13H2,1-2H3. The van der Waals surface area contributed by atoms with E-state index in [0.717, 1.165) is 28.0 Å². The molecule has 0 atom stereocenters. The molecule has 23 heavy (non-hydrogen) atoms. The first-order valence-corrected chi connectivity index (χ1v) is 7.93. The minimum absolute atomic E-state index is 0.0322. The van der Waals surface area contributed by atoms with Crippen LogP contribution in [0.15, 0.2) is 53.7 Å². The zero-order chi connectivity index (χ0) is 16.2. The number of oxime groups is 1. The summed E-state index contributed by atoms with van der Waals surface area (Å²) in [5, 5.41) is 4.27. The van der Waals surface area contributed by atoms with Crippen LogP contribution in [0.4, 0.5) is 0 Å². The van der Waals surface area contributed by atoms with Crippen LogP contribution in [0.3, 0.4) is 0 Å². The third-order valence-corrected chi connectivity index (χ3v) is 4.11. The minimum Gasteiger partial charge on any atom is -0.385 e. The van der Waals surface area contributed by atoms with Gasteiger partial charge in [-0.25, -0.2) is 0 Å². The molecule has 0 heterocycles. The first-order valence-electron chi connectivity index (χ1n) is 7.93. The van der Waals surface area contributed by atoms with Crippen molar-refractivity contribution in [3.05, 3.63) is 59.7 Å². The Labute approximate surface area is 136 Å². The summed E-state index contributed by atoms with van der Waals surface area (Å²) in [6, 6.07) is 16.2. The Morgan fingerprint density at radius 3 is 1.87 bits per heavy atom. The minimum atomic E-state index is -0.0427. The van der Waals surface area contributed by atoms with Gasteiger partial charge in [0.05, 0.1) is 0 Å². The topological polar surface area (TPSA) is 41.9 Å². The van der Waals surface area contributed by atoms with E-state index in [1.807, 2.05) is 50.2 Å². The second kappa shape index (κ2) is 6.65. The molecular weight excluding hydrogens is 288 g/mol. The molecule has 0 aromatic heterocycles. The van der Waals surface area contributed by atoms with Gasteiger partial charge in [-0.3, -0.25) is 4.79 Å². The first kappa shape index (κ1) is 15.3. The molecule has 2 aromatic rings. The summed E-state index contributed by atoms with van der Waals surface area (Å²) in [5.74, 6) is -0.0427. The molecule has 118 valence electrons. The van der Waals surface area contributed by atoms with Crippen LogP contribution in [0.1, 0.15) is 25.0 Å². The number of nitrogens with zero attached hydrogens (tertiary/aromatic N) is 2. The number of rotatable bonds is 5. The van der Waals surface area contributed by atoms with Crippen LogP contribution in [0.5, 0.6) is 0 Å². The molecule has 0 spiro atoms. The van der Waals surface area contributed by atoms with E-state index < -0.39 is 0 Å². The van der Waals surface area contributed by atoms with E-state index in [1.165, 1.54) is 0 Å². The van der Waals surface area contributed by atoms with E-state index >= 15 is 0 Å². The number of fused-ring (bicyclic) bond motifs is 3. The third-order valence-electron chi connectivity index (χ3n) is 4.11. The molecule has 1 aliphatic carbocycles. The van der Waals surface area contributed by atoms with Crippen molar-refractivity contribution in [3.63, 3.8) is 0 Å². The van der Waals surface area contributed by atoms with Gasteiger partial charge in [0.25, 0.3) is 5.91 Å². The maximum absolute atomic E-state index is 12.0. The van der Waals surface area contributed by atoms with Crippen LogP contribution in [0.25, 0.3) is 11.1 Å². The highest BCUT2D eigenvalue weighted by Gasteiger charge is 2.24. The predicted octanol–water partition coefficient (Wildman–Crippen LogP) is 3.30. The van der Waals surface area contributed by atoms with Gasteiger partial charge in [-0.05, 0) is 25.0 Å². The maximum atomic E-state index is 12.0. The lowest BCUT2D eigenvalue weighted by Gasteiger charge is -2.17. The van der Waals surface area contributed by atoms with Crippen LogP contribution < -0.4 is 0 Å². The summed E-state index contributed by atoms with van der Waals surface area (Å²) in [6.45, 7) is 5.24. The molecule has 4 nitrogen and oxygen atoms in total. The average Bonchev–Trinajstić information content (AvgIpc) is 2.91. The molecular formula is C19H20N2O2. The summed E-state index contributed by atoms with van der Waals surface area (Å²) in [7, 11) is 0. The fourth-order valence-electron chi connectivity index (χ4n) is 2.91. The maximum Gasteiger partial charge on any atom is 0.263 e. The molecule has 0 saturated carbocycles. The van der Waals surface area contributed by atoms with Gasteiger partial charge in [-0.1, -0.05) is 53.7 Å². The molecule has 0 N–H and O–H groups in total. The Kier molecular flexibility index (Phi) is 4.42. The van der Waals surface area contributed by atoms with Crippen LogP contribution in [0, 0.1) is 0 Å². The van der Waals surface area contributed by atoms with Crippen LogP contribution in [0.2, 0.25) is 0 Å². The lowest BCUT2D eigenvalue weighted by atomic mass is 10.1. The van der Waals surface area contributed by atoms with Crippen molar-refractivity contribution in [3.8, 4) is 11.1 Å². The third kappa shape index (κ3) is 2.84. The number of carbonyl (C=O) groups excluding carboxylic acids is 1. The molecule has 0 aliphatic heterocycles. The molecule has 0 saturated heterocycles. The van der Waals surface area contributed by atoms with E-state index in [-0.39, 0.29) is 12.5 Å². The van der Waals surface area contributed by atoms with Gasteiger partial charge in [0, 0.05) is 24.2 Å². The zero-order valence-electron chi connectivity index (χ0n) is 13.5. The Bertz CT molecular complexity index is 701. The largest absolute Gasteiger partial charge is 0.385 e. The first-order chi connectivity index (χ1) is 11.3. The highest BCUT2D eigenvalue weighted by molar-refractivity contribution is 6.24. The molecule has 0 radical (unpaired) electrons. The normalized spacial score (nSPS) is 11.7. The molecule has 4 heteroatoms. The number of likely N-dealkylation sites (N-methyl/N-ethyl adjacent to an activating group) is 1. The second-order valence-electron chi connectivity index (χ2n) is 5.37. The smallest absolute Gasteiger partial charge is 0.263 e. The zero-order valence-corrected chi connectivity index (χ0v) is 13.5. The summed E-state index contributed by atoms with van der Waals surface area (Å²) in [5.41, 5.74) is 5.19. The van der Waals surface area contributed by atoms with Gasteiger partial charge in [0.2, 0.25) is 0 Å². The fraction of sp³-hybridized carbons (Fsp3) is 0.263. The Balaban J connectivity index is 1.84. The molecule has 2 aromatic carbocycles. The summed E-state index contributed by atoms with van der Waals surface area (Å²) < 4.78 is 0. The van der Waals surface area contributed by atoms with E-state index in [4.69, 9.17) is 4.84 Å². The Morgan fingerprint density at radius 2 is 1.39 bits per heavy atom. The van der Waals surface area contributed by atoms with Crippen LogP contribution >= 0.6 is 0 Å². The van der Waals surface area contributed by atoms with Gasteiger partial charge in [-0.15, -0.1) is 0 Å². The highest BCUT2D eigenvalue weighted by atomic mass is 16.6. The molecule has 1 amide bonds. The molecule has 0 fully saturated rings. The molecule has 3 rings (SSSR count). The van der Waals surface area contributed by atoms with Gasteiger partial charge in [0.1, 0.15) is 5.71 Å². The second-order valence-corrected chi connectivity index (χ2v) is 5.37. The van der Waals surface area contributed by atoms with Gasteiger partial charge < -0.3 is 9.74 Å². The quantitative estimate of drug-likeness (QED) is 0.679. The lowest BCUT2D eigenvalue weighted by molar-refractivity contribution is -0.135. The molecule has 1 aliphatic rings. The predicted molar refractivity (Wildman–Crippen MR) is 91.4 cm³/mol. The SMILES string of the molecule is CCN(CC)C(=O)CON=C1c2ccccc2-c2ccccc21. The Hall–Kier alpha value is -2.62. The van der Waals surface area contributed by atoms with Crippen LogP contribution in [-0.2, 0) is 9.63 Å². The Morgan fingerprint density at radius 1 is 0.913 bits per heavy atom. The van der Waals surface area contributed by atoms with Crippen molar-refractivity contribution in [2.24, 2.45) is 5.16 Å². The van der Waals surface area contributed by atoms with Gasteiger partial charge in [-0.2, -0.15) is 0 Å². The van der Waals surface area contributed by atoms with Crippen molar-refractivity contribution in [1.82, 2.24) is 4.90 Å². The number of hydrogen-bond donors (Lipinski definition) is 0. The monoisotopic (exact) mass is 308 g/mol. The molecule has 0 unspecified atom stereocenters. The van der Waals surface area contributed by atoms with Gasteiger partial charge in [0.15, 0.2) is 6.61 Å².